The third kappa shape index (κ3) is 3.72. The highest BCUT2D eigenvalue weighted by atomic mass is 79.9. The second kappa shape index (κ2) is 6.25. The monoisotopic (exact) mass is 354 g/mol. The fraction of sp³-hybridized carbons (Fsp3) is 0.0769. The van der Waals surface area contributed by atoms with Crippen molar-refractivity contribution in [2.75, 3.05) is 6.54 Å². The van der Waals surface area contributed by atoms with Gasteiger partial charge in [0.1, 0.15) is 4.90 Å². The quantitative estimate of drug-likeness (QED) is 0.833. The van der Waals surface area contributed by atoms with Crippen LogP contribution in [-0.4, -0.2) is 25.7 Å². The molecule has 20 heavy (non-hydrogen) atoms. The number of ketones is 1. The summed E-state index contributed by atoms with van der Waals surface area (Å²) in [6.07, 6.45) is 2.70. The Morgan fingerprint density at radius 1 is 1.20 bits per heavy atom. The van der Waals surface area contributed by atoms with E-state index in [9.17, 15) is 13.2 Å². The van der Waals surface area contributed by atoms with Crippen molar-refractivity contribution in [3.05, 3.63) is 58.8 Å². The fourth-order valence-electron chi connectivity index (χ4n) is 1.51. The molecule has 0 bridgehead atoms. The summed E-state index contributed by atoms with van der Waals surface area (Å²) >= 11 is 3.15. The van der Waals surface area contributed by atoms with Gasteiger partial charge >= 0.3 is 0 Å². The fourth-order valence-corrected chi connectivity index (χ4v) is 3.00. The summed E-state index contributed by atoms with van der Waals surface area (Å²) in [7, 11) is -3.75. The lowest BCUT2D eigenvalue weighted by molar-refractivity contribution is 0.0997. The molecule has 1 aromatic heterocycles. The smallest absolute Gasteiger partial charge is 0.242 e. The van der Waals surface area contributed by atoms with E-state index in [1.54, 1.807) is 30.3 Å². The van der Waals surface area contributed by atoms with Gasteiger partial charge in [-0.2, -0.15) is 0 Å². The van der Waals surface area contributed by atoms with Gasteiger partial charge in [0.15, 0.2) is 5.78 Å². The van der Waals surface area contributed by atoms with Crippen LogP contribution < -0.4 is 4.72 Å². The molecule has 0 saturated carbocycles. The van der Waals surface area contributed by atoms with Crippen LogP contribution in [-0.2, 0) is 10.0 Å². The molecule has 0 unspecified atom stereocenters. The van der Waals surface area contributed by atoms with Crippen molar-refractivity contribution in [1.29, 1.82) is 0 Å². The highest BCUT2D eigenvalue weighted by Crippen LogP contribution is 2.14. The number of nitrogens with one attached hydrogen (secondary N) is 1. The van der Waals surface area contributed by atoms with Gasteiger partial charge in [-0.05, 0) is 22.0 Å². The molecule has 5 nitrogen and oxygen atoms in total. The molecule has 0 saturated heterocycles. The summed E-state index contributed by atoms with van der Waals surface area (Å²) in [6, 6.07) is 9.92. The zero-order chi connectivity index (χ0) is 14.6. The molecule has 1 aromatic carbocycles. The average Bonchev–Trinajstić information content (AvgIpc) is 2.46. The molecule has 0 amide bonds. The average molecular weight is 355 g/mol. The van der Waals surface area contributed by atoms with Gasteiger partial charge < -0.3 is 0 Å². The number of Topliss-reactive ketones (excluding diaryl/α,β-unsaturated/α-hetero) is 1. The first-order valence-electron chi connectivity index (χ1n) is 5.67. The van der Waals surface area contributed by atoms with Crippen LogP contribution in [0.15, 0.2) is 58.2 Å². The molecular formula is C13H11BrN2O3S. The molecule has 104 valence electrons. The van der Waals surface area contributed by atoms with Gasteiger partial charge in [-0.3, -0.25) is 9.78 Å². The van der Waals surface area contributed by atoms with Crippen molar-refractivity contribution >= 4 is 31.7 Å². The Kier molecular flexibility index (Phi) is 4.64. The SMILES string of the molecule is O=C(CNS(=O)(=O)c1cncc(Br)c1)c1ccccc1. The van der Waals surface area contributed by atoms with Crippen LogP contribution in [0.4, 0.5) is 0 Å². The number of benzene rings is 1. The number of hydrogen-bond acceptors (Lipinski definition) is 4. The number of carbonyl (C=O) groups excluding carboxylic acids is 1. The first-order chi connectivity index (χ1) is 9.49. The Bertz CT molecular complexity index is 717. The summed E-state index contributed by atoms with van der Waals surface area (Å²) in [5.74, 6) is -0.294. The van der Waals surface area contributed by atoms with Crippen molar-refractivity contribution in [2.45, 2.75) is 4.90 Å². The molecule has 1 N–H and O–H groups in total. The molecule has 2 rings (SSSR count). The van der Waals surface area contributed by atoms with E-state index < -0.39 is 10.0 Å². The van der Waals surface area contributed by atoms with Gasteiger partial charge in [-0.1, -0.05) is 30.3 Å². The summed E-state index contributed by atoms with van der Waals surface area (Å²) in [4.78, 5) is 15.6. The van der Waals surface area contributed by atoms with Gasteiger partial charge in [0.2, 0.25) is 10.0 Å². The van der Waals surface area contributed by atoms with Crippen LogP contribution in [0, 0.1) is 0 Å². The van der Waals surface area contributed by atoms with Crippen LogP contribution in [0.2, 0.25) is 0 Å². The van der Waals surface area contributed by atoms with E-state index in [1.807, 2.05) is 0 Å². The Morgan fingerprint density at radius 3 is 2.55 bits per heavy atom. The molecule has 0 radical (unpaired) electrons. The minimum atomic E-state index is -3.75. The molecule has 0 spiro atoms. The van der Waals surface area contributed by atoms with Crippen LogP contribution in [0.5, 0.6) is 0 Å². The van der Waals surface area contributed by atoms with E-state index >= 15 is 0 Å². The van der Waals surface area contributed by atoms with Crippen molar-refractivity contribution in [2.24, 2.45) is 0 Å². The van der Waals surface area contributed by atoms with Gasteiger partial charge in [-0.15, -0.1) is 0 Å². The van der Waals surface area contributed by atoms with Crippen LogP contribution in [0.1, 0.15) is 10.4 Å². The number of hydrogen-bond donors (Lipinski definition) is 1. The number of nitrogens with zero attached hydrogens (tertiary/aromatic N) is 1. The van der Waals surface area contributed by atoms with Gasteiger partial charge in [0.05, 0.1) is 6.54 Å². The van der Waals surface area contributed by atoms with Crippen LogP contribution in [0.3, 0.4) is 0 Å². The lowest BCUT2D eigenvalue weighted by Crippen LogP contribution is -2.29. The van der Waals surface area contributed by atoms with E-state index in [4.69, 9.17) is 0 Å². The Labute approximate surface area is 125 Å². The van der Waals surface area contributed by atoms with Crippen molar-refractivity contribution in [3.63, 3.8) is 0 Å². The number of carbonyl (C=O) groups is 1. The van der Waals surface area contributed by atoms with E-state index in [0.29, 0.717) is 10.0 Å². The highest BCUT2D eigenvalue weighted by molar-refractivity contribution is 9.10. The largest absolute Gasteiger partial charge is 0.293 e. The molecule has 1 heterocycles. The van der Waals surface area contributed by atoms with Crippen LogP contribution in [0.25, 0.3) is 0 Å². The topological polar surface area (TPSA) is 76.1 Å². The Hall–Kier alpha value is -1.57. The standard InChI is InChI=1S/C13H11BrN2O3S/c14-11-6-12(8-15-7-11)20(18,19)16-9-13(17)10-4-2-1-3-5-10/h1-8,16H,9H2. The molecular weight excluding hydrogens is 344 g/mol. The first kappa shape index (κ1) is 14.8. The Morgan fingerprint density at radius 2 is 1.90 bits per heavy atom. The molecule has 2 aromatic rings. The molecule has 0 atom stereocenters. The predicted molar refractivity (Wildman–Crippen MR) is 77.9 cm³/mol. The zero-order valence-corrected chi connectivity index (χ0v) is 12.7. The normalized spacial score (nSPS) is 11.2. The van der Waals surface area contributed by atoms with Gasteiger partial charge in [0, 0.05) is 22.4 Å². The predicted octanol–water partition coefficient (Wildman–Crippen LogP) is 2.01. The second-order valence-corrected chi connectivity index (χ2v) is 6.64. The summed E-state index contributed by atoms with van der Waals surface area (Å²) in [5.41, 5.74) is 0.461. The molecule has 0 aliphatic carbocycles. The van der Waals surface area contributed by atoms with Crippen molar-refractivity contribution in [1.82, 2.24) is 9.71 Å². The molecule has 7 heteroatoms. The summed E-state index contributed by atoms with van der Waals surface area (Å²) in [6.45, 7) is -0.293. The van der Waals surface area contributed by atoms with E-state index in [1.165, 1.54) is 18.5 Å². The number of rotatable bonds is 5. The number of aromatic nitrogens is 1. The highest BCUT2D eigenvalue weighted by Gasteiger charge is 2.16. The minimum absolute atomic E-state index is 0.00716. The summed E-state index contributed by atoms with van der Waals surface area (Å²) < 4.78 is 26.8. The molecule has 0 aliphatic rings. The molecule has 0 aliphatic heterocycles. The Balaban J connectivity index is 2.09. The lowest BCUT2D eigenvalue weighted by Gasteiger charge is -2.06. The third-order valence-corrected chi connectivity index (χ3v) is 4.31. The summed E-state index contributed by atoms with van der Waals surface area (Å²) in [5, 5.41) is 0. The number of halogens is 1. The number of pyridine rings is 1. The maximum atomic E-state index is 12.0. The number of sulfonamides is 1. The zero-order valence-electron chi connectivity index (χ0n) is 10.3. The third-order valence-electron chi connectivity index (χ3n) is 2.51. The first-order valence-corrected chi connectivity index (χ1v) is 7.95. The van der Waals surface area contributed by atoms with E-state index in [2.05, 4.69) is 25.6 Å². The van der Waals surface area contributed by atoms with E-state index in [0.717, 1.165) is 0 Å². The maximum Gasteiger partial charge on any atom is 0.242 e. The molecule has 0 fully saturated rings. The van der Waals surface area contributed by atoms with E-state index in [-0.39, 0.29) is 17.2 Å². The maximum absolute atomic E-state index is 12.0. The van der Waals surface area contributed by atoms with Crippen LogP contribution >= 0.6 is 15.9 Å². The van der Waals surface area contributed by atoms with Gasteiger partial charge in [0.25, 0.3) is 0 Å². The minimum Gasteiger partial charge on any atom is -0.293 e. The second-order valence-electron chi connectivity index (χ2n) is 3.95. The lowest BCUT2D eigenvalue weighted by atomic mass is 10.1. The van der Waals surface area contributed by atoms with Crippen molar-refractivity contribution in [3.8, 4) is 0 Å². The van der Waals surface area contributed by atoms with Crippen molar-refractivity contribution < 1.29 is 13.2 Å². The van der Waals surface area contributed by atoms with Gasteiger partial charge in [-0.25, -0.2) is 13.1 Å².